The van der Waals surface area contributed by atoms with Crippen molar-refractivity contribution in [3.8, 4) is 5.88 Å². The Hall–Kier alpha value is -1.92. The number of nitrogens with zero attached hydrogens (tertiary/aromatic N) is 3. The van der Waals surface area contributed by atoms with Crippen LogP contribution in [0.5, 0.6) is 5.88 Å². The number of likely N-dealkylation sites (tertiary alicyclic amines) is 1. The molecule has 0 amide bonds. The van der Waals surface area contributed by atoms with Crippen LogP contribution >= 0.6 is 0 Å². The Balaban J connectivity index is 1.51. The molecule has 26 heavy (non-hydrogen) atoms. The molecule has 3 heterocycles. The first-order valence-corrected chi connectivity index (χ1v) is 9.48. The standard InChI is InChI=1S/C20H28N4O2/c1-14-17(15(2)23-22-14)13-24-11-9-20(25-3)8-7-16(12-18(20)24)26-19-6-4-5-10-21-19/h4-6,10,16,18H,7-9,11-13H2,1-3H3,(H,22,23)/t16?,18?,20-/m1/s1. The zero-order valence-corrected chi connectivity index (χ0v) is 15.9. The van der Waals surface area contributed by atoms with Crippen LogP contribution in [0.2, 0.25) is 0 Å². The minimum Gasteiger partial charge on any atom is -0.474 e. The molecule has 1 saturated carbocycles. The molecule has 2 aromatic rings. The molecule has 0 bridgehead atoms. The topological polar surface area (TPSA) is 63.3 Å². The van der Waals surface area contributed by atoms with Gasteiger partial charge in [-0.1, -0.05) is 6.07 Å². The Morgan fingerprint density at radius 2 is 2.19 bits per heavy atom. The van der Waals surface area contributed by atoms with Crippen molar-refractivity contribution >= 4 is 0 Å². The number of pyridine rings is 1. The zero-order valence-electron chi connectivity index (χ0n) is 15.9. The largest absolute Gasteiger partial charge is 0.474 e. The summed E-state index contributed by atoms with van der Waals surface area (Å²) in [5, 5.41) is 7.46. The molecule has 140 valence electrons. The van der Waals surface area contributed by atoms with Crippen LogP contribution in [0.3, 0.4) is 0 Å². The third-order valence-electron chi connectivity index (χ3n) is 6.22. The second kappa shape index (κ2) is 7.00. The maximum absolute atomic E-state index is 6.17. The number of nitrogens with one attached hydrogen (secondary N) is 1. The van der Waals surface area contributed by atoms with Gasteiger partial charge in [0.05, 0.1) is 11.3 Å². The molecule has 3 atom stereocenters. The van der Waals surface area contributed by atoms with Gasteiger partial charge >= 0.3 is 0 Å². The van der Waals surface area contributed by atoms with Crippen LogP contribution in [0.1, 0.15) is 42.6 Å². The van der Waals surface area contributed by atoms with Crippen molar-refractivity contribution < 1.29 is 9.47 Å². The van der Waals surface area contributed by atoms with Crippen molar-refractivity contribution in [1.29, 1.82) is 0 Å². The summed E-state index contributed by atoms with van der Waals surface area (Å²) in [6.45, 7) is 6.15. The lowest BCUT2D eigenvalue weighted by atomic mass is 9.79. The van der Waals surface area contributed by atoms with Crippen molar-refractivity contribution in [2.75, 3.05) is 13.7 Å². The summed E-state index contributed by atoms with van der Waals surface area (Å²) < 4.78 is 12.2. The maximum atomic E-state index is 6.17. The maximum Gasteiger partial charge on any atom is 0.213 e. The minimum atomic E-state index is -0.0461. The van der Waals surface area contributed by atoms with Crippen LogP contribution < -0.4 is 4.74 Å². The van der Waals surface area contributed by atoms with Crippen molar-refractivity contribution in [2.45, 2.75) is 63.8 Å². The lowest BCUT2D eigenvalue weighted by molar-refractivity contribution is -0.0843. The van der Waals surface area contributed by atoms with Crippen molar-refractivity contribution in [3.05, 3.63) is 41.3 Å². The number of aromatic amines is 1. The summed E-state index contributed by atoms with van der Waals surface area (Å²) >= 11 is 0. The molecule has 2 fully saturated rings. The molecule has 2 aromatic heterocycles. The first-order chi connectivity index (χ1) is 12.6. The van der Waals surface area contributed by atoms with Gasteiger partial charge in [0, 0.05) is 56.2 Å². The fraction of sp³-hybridized carbons (Fsp3) is 0.600. The highest BCUT2D eigenvalue weighted by Gasteiger charge is 2.51. The zero-order chi connectivity index (χ0) is 18.1. The fourth-order valence-corrected chi connectivity index (χ4v) is 4.65. The third-order valence-corrected chi connectivity index (χ3v) is 6.22. The van der Waals surface area contributed by atoms with Gasteiger partial charge < -0.3 is 9.47 Å². The minimum absolute atomic E-state index is 0.0461. The smallest absolute Gasteiger partial charge is 0.213 e. The normalized spacial score (nSPS) is 28.9. The number of fused-ring (bicyclic) bond motifs is 1. The predicted molar refractivity (Wildman–Crippen MR) is 99.1 cm³/mol. The van der Waals surface area contributed by atoms with Gasteiger partial charge in [0.2, 0.25) is 5.88 Å². The molecular weight excluding hydrogens is 328 g/mol. The highest BCUT2D eigenvalue weighted by molar-refractivity contribution is 5.24. The summed E-state index contributed by atoms with van der Waals surface area (Å²) in [5.74, 6) is 0.716. The first kappa shape index (κ1) is 17.5. The van der Waals surface area contributed by atoms with E-state index in [1.54, 1.807) is 6.20 Å². The van der Waals surface area contributed by atoms with E-state index in [2.05, 4.69) is 33.9 Å². The molecule has 6 nitrogen and oxygen atoms in total. The molecule has 2 aliphatic rings. The van der Waals surface area contributed by atoms with E-state index in [-0.39, 0.29) is 11.7 Å². The molecule has 1 aliphatic carbocycles. The van der Waals surface area contributed by atoms with Gasteiger partial charge in [0.1, 0.15) is 6.10 Å². The van der Waals surface area contributed by atoms with E-state index < -0.39 is 0 Å². The van der Waals surface area contributed by atoms with E-state index in [0.717, 1.165) is 50.2 Å². The van der Waals surface area contributed by atoms with E-state index in [0.29, 0.717) is 11.9 Å². The van der Waals surface area contributed by atoms with Crippen LogP contribution in [0, 0.1) is 13.8 Å². The predicted octanol–water partition coefficient (Wildman–Crippen LogP) is 3.01. The molecule has 1 aliphatic heterocycles. The lowest BCUT2D eigenvalue weighted by Gasteiger charge is -2.43. The monoisotopic (exact) mass is 356 g/mol. The number of ether oxygens (including phenoxy) is 2. The van der Waals surface area contributed by atoms with E-state index in [4.69, 9.17) is 9.47 Å². The molecule has 4 rings (SSSR count). The molecule has 0 spiro atoms. The van der Waals surface area contributed by atoms with Crippen LogP contribution in [0.25, 0.3) is 0 Å². The highest BCUT2D eigenvalue weighted by atomic mass is 16.5. The van der Waals surface area contributed by atoms with Gasteiger partial charge in [-0.3, -0.25) is 10.00 Å². The SMILES string of the molecule is CO[C@@]12CCC(Oc3ccccn3)CC1N(Cc1c(C)n[nH]c1C)CC2. The number of hydrogen-bond acceptors (Lipinski definition) is 5. The Bertz CT molecular complexity index is 728. The Kier molecular flexibility index (Phi) is 4.71. The van der Waals surface area contributed by atoms with Gasteiger partial charge in [0.25, 0.3) is 0 Å². The summed E-state index contributed by atoms with van der Waals surface area (Å²) in [4.78, 5) is 6.88. The number of rotatable bonds is 5. The number of aryl methyl sites for hydroxylation is 2. The Morgan fingerprint density at radius 1 is 1.31 bits per heavy atom. The summed E-state index contributed by atoms with van der Waals surface area (Å²) in [6.07, 6.45) is 6.07. The molecule has 2 unspecified atom stereocenters. The Labute approximate surface area is 154 Å². The second-order valence-corrected chi connectivity index (χ2v) is 7.60. The molecule has 1 N–H and O–H groups in total. The van der Waals surface area contributed by atoms with Crippen LogP contribution in [-0.4, -0.2) is 51.5 Å². The van der Waals surface area contributed by atoms with E-state index in [1.165, 1.54) is 5.56 Å². The second-order valence-electron chi connectivity index (χ2n) is 7.60. The molecule has 1 saturated heterocycles. The summed E-state index contributed by atoms with van der Waals surface area (Å²) in [7, 11) is 1.87. The van der Waals surface area contributed by atoms with Gasteiger partial charge in [-0.15, -0.1) is 0 Å². The number of methoxy groups -OCH3 is 1. The van der Waals surface area contributed by atoms with E-state index in [9.17, 15) is 0 Å². The number of aromatic nitrogens is 3. The summed E-state index contributed by atoms with van der Waals surface area (Å²) in [5.41, 5.74) is 3.52. The molecule has 0 aromatic carbocycles. The average molecular weight is 356 g/mol. The van der Waals surface area contributed by atoms with Crippen molar-refractivity contribution in [1.82, 2.24) is 20.1 Å². The van der Waals surface area contributed by atoms with Gasteiger partial charge in [0.15, 0.2) is 0 Å². The fourth-order valence-electron chi connectivity index (χ4n) is 4.65. The number of H-pyrrole nitrogens is 1. The van der Waals surface area contributed by atoms with E-state index >= 15 is 0 Å². The lowest BCUT2D eigenvalue weighted by Crippen LogP contribution is -2.52. The molecule has 0 radical (unpaired) electrons. The van der Waals surface area contributed by atoms with Gasteiger partial charge in [-0.2, -0.15) is 5.10 Å². The molecular formula is C20H28N4O2. The van der Waals surface area contributed by atoms with Crippen molar-refractivity contribution in [3.63, 3.8) is 0 Å². The first-order valence-electron chi connectivity index (χ1n) is 9.48. The Morgan fingerprint density at radius 3 is 2.88 bits per heavy atom. The van der Waals surface area contributed by atoms with Crippen LogP contribution in [-0.2, 0) is 11.3 Å². The number of hydrogen-bond donors (Lipinski definition) is 1. The summed E-state index contributed by atoms with van der Waals surface area (Å²) in [6, 6.07) is 6.18. The average Bonchev–Trinajstić information content (AvgIpc) is 3.18. The van der Waals surface area contributed by atoms with Crippen LogP contribution in [0.15, 0.2) is 24.4 Å². The van der Waals surface area contributed by atoms with E-state index in [1.807, 2.05) is 25.3 Å². The van der Waals surface area contributed by atoms with Crippen molar-refractivity contribution in [2.24, 2.45) is 0 Å². The third kappa shape index (κ3) is 3.12. The van der Waals surface area contributed by atoms with Crippen LogP contribution in [0.4, 0.5) is 0 Å². The highest BCUT2D eigenvalue weighted by Crippen LogP contribution is 2.43. The molecule has 6 heteroatoms. The van der Waals surface area contributed by atoms with Gasteiger partial charge in [-0.25, -0.2) is 4.98 Å². The van der Waals surface area contributed by atoms with Gasteiger partial charge in [-0.05, 0) is 39.2 Å². The quantitative estimate of drug-likeness (QED) is 0.892.